The number of para-hydroxylation sites is 1. The van der Waals surface area contributed by atoms with Gasteiger partial charge < -0.3 is 4.74 Å². The van der Waals surface area contributed by atoms with Gasteiger partial charge in [0.05, 0.1) is 0 Å². The Bertz CT molecular complexity index is 425. The molecule has 1 aromatic rings. The van der Waals surface area contributed by atoms with Gasteiger partial charge in [-0.05, 0) is 12.1 Å². The quantitative estimate of drug-likeness (QED) is 0.590. The average Bonchev–Trinajstić information content (AvgIpc) is 2.14. The third-order valence-electron chi connectivity index (χ3n) is 1.47. The largest absolute Gasteiger partial charge is 0.488 e. The van der Waals surface area contributed by atoms with Gasteiger partial charge >= 0.3 is 0 Å². The number of hydrogen-bond donors (Lipinski definition) is 0. The SMILES string of the molecule is C=CCOc1ccccc1S(=O)(=O)Cl. The van der Waals surface area contributed by atoms with E-state index in [2.05, 4.69) is 6.58 Å². The first-order valence-corrected chi connectivity index (χ1v) is 6.14. The molecule has 0 saturated heterocycles. The van der Waals surface area contributed by atoms with Crippen molar-refractivity contribution in [3.8, 4) is 5.75 Å². The van der Waals surface area contributed by atoms with E-state index >= 15 is 0 Å². The topological polar surface area (TPSA) is 43.4 Å². The van der Waals surface area contributed by atoms with Crippen molar-refractivity contribution in [1.29, 1.82) is 0 Å². The first-order valence-electron chi connectivity index (χ1n) is 3.83. The summed E-state index contributed by atoms with van der Waals surface area (Å²) in [5, 5.41) is 0. The van der Waals surface area contributed by atoms with E-state index in [0.29, 0.717) is 0 Å². The third-order valence-corrected chi connectivity index (χ3v) is 2.83. The fourth-order valence-electron chi connectivity index (χ4n) is 0.920. The van der Waals surface area contributed by atoms with Crippen molar-refractivity contribution in [2.24, 2.45) is 0 Å². The predicted octanol–water partition coefficient (Wildman–Crippen LogP) is 2.18. The van der Waals surface area contributed by atoms with E-state index in [9.17, 15) is 8.42 Å². The number of ether oxygens (including phenoxy) is 1. The molecule has 0 bridgehead atoms. The fraction of sp³-hybridized carbons (Fsp3) is 0.111. The van der Waals surface area contributed by atoms with E-state index in [4.69, 9.17) is 15.4 Å². The van der Waals surface area contributed by atoms with Crippen LogP contribution in [0.1, 0.15) is 0 Å². The van der Waals surface area contributed by atoms with Crippen LogP contribution in [0.5, 0.6) is 5.75 Å². The number of rotatable bonds is 4. The van der Waals surface area contributed by atoms with Gasteiger partial charge in [-0.3, -0.25) is 0 Å². The van der Waals surface area contributed by atoms with Crippen molar-refractivity contribution in [3.63, 3.8) is 0 Å². The molecule has 0 aliphatic carbocycles. The zero-order valence-corrected chi connectivity index (χ0v) is 8.88. The minimum Gasteiger partial charge on any atom is -0.488 e. The maximum atomic E-state index is 11.1. The van der Waals surface area contributed by atoms with Crippen LogP contribution in [0, 0.1) is 0 Å². The van der Waals surface area contributed by atoms with Crippen molar-refractivity contribution < 1.29 is 13.2 Å². The van der Waals surface area contributed by atoms with Crippen LogP contribution in [0.3, 0.4) is 0 Å². The van der Waals surface area contributed by atoms with Gasteiger partial charge in [0.2, 0.25) is 0 Å². The van der Waals surface area contributed by atoms with Crippen LogP contribution < -0.4 is 4.74 Å². The lowest BCUT2D eigenvalue weighted by Crippen LogP contribution is -1.99. The highest BCUT2D eigenvalue weighted by molar-refractivity contribution is 8.13. The van der Waals surface area contributed by atoms with Crippen LogP contribution in [0.25, 0.3) is 0 Å². The summed E-state index contributed by atoms with van der Waals surface area (Å²) in [7, 11) is 1.46. The molecule has 0 fully saturated rings. The fourth-order valence-corrected chi connectivity index (χ4v) is 1.91. The van der Waals surface area contributed by atoms with Crippen LogP contribution in [0.4, 0.5) is 0 Å². The third kappa shape index (κ3) is 2.75. The molecule has 1 rings (SSSR count). The monoisotopic (exact) mass is 232 g/mol. The van der Waals surface area contributed by atoms with Gasteiger partial charge in [-0.1, -0.05) is 24.8 Å². The molecule has 14 heavy (non-hydrogen) atoms. The summed E-state index contributed by atoms with van der Waals surface area (Å²) >= 11 is 0. The van der Waals surface area contributed by atoms with E-state index in [0.717, 1.165) is 0 Å². The second kappa shape index (κ2) is 4.48. The molecule has 0 N–H and O–H groups in total. The zero-order chi connectivity index (χ0) is 10.6. The van der Waals surface area contributed by atoms with Crippen LogP contribution in [-0.4, -0.2) is 15.0 Å². The predicted molar refractivity (Wildman–Crippen MR) is 55.2 cm³/mol. The molecule has 0 saturated carbocycles. The Morgan fingerprint density at radius 1 is 1.43 bits per heavy atom. The van der Waals surface area contributed by atoms with Gasteiger partial charge in [-0.15, -0.1) is 0 Å². The smallest absolute Gasteiger partial charge is 0.264 e. The molecule has 0 atom stereocenters. The Morgan fingerprint density at radius 3 is 2.64 bits per heavy atom. The second-order valence-electron chi connectivity index (χ2n) is 2.48. The van der Waals surface area contributed by atoms with E-state index in [1.54, 1.807) is 18.2 Å². The maximum absolute atomic E-state index is 11.1. The van der Waals surface area contributed by atoms with E-state index < -0.39 is 9.05 Å². The van der Waals surface area contributed by atoms with Crippen molar-refractivity contribution in [1.82, 2.24) is 0 Å². The van der Waals surface area contributed by atoms with Gasteiger partial charge in [0.15, 0.2) is 0 Å². The van der Waals surface area contributed by atoms with Crippen molar-refractivity contribution in [3.05, 3.63) is 36.9 Å². The molecule has 0 heterocycles. The second-order valence-corrected chi connectivity index (χ2v) is 5.02. The lowest BCUT2D eigenvalue weighted by molar-refractivity contribution is 0.353. The van der Waals surface area contributed by atoms with Crippen molar-refractivity contribution in [2.75, 3.05) is 6.61 Å². The Labute approximate surface area is 87.4 Å². The Morgan fingerprint density at radius 2 is 2.07 bits per heavy atom. The molecule has 0 aliphatic heterocycles. The van der Waals surface area contributed by atoms with Crippen LogP contribution in [0.15, 0.2) is 41.8 Å². The number of benzene rings is 1. The summed E-state index contributed by atoms with van der Waals surface area (Å²) in [5.41, 5.74) is 0. The molecule has 5 heteroatoms. The van der Waals surface area contributed by atoms with Gasteiger partial charge in [0.1, 0.15) is 17.3 Å². The van der Waals surface area contributed by atoms with Crippen molar-refractivity contribution in [2.45, 2.75) is 4.90 Å². The van der Waals surface area contributed by atoms with Gasteiger partial charge in [0, 0.05) is 10.7 Å². The molecular weight excluding hydrogens is 224 g/mol. The molecule has 3 nitrogen and oxygen atoms in total. The molecule has 0 amide bonds. The summed E-state index contributed by atoms with van der Waals surface area (Å²) in [6.45, 7) is 3.70. The lowest BCUT2D eigenvalue weighted by Gasteiger charge is -2.06. The standard InChI is InChI=1S/C9H9ClO3S/c1-2-7-13-8-5-3-4-6-9(8)14(10,11)12/h2-6H,1,7H2. The van der Waals surface area contributed by atoms with E-state index in [1.807, 2.05) is 0 Å². The minimum absolute atomic E-state index is 0.0245. The van der Waals surface area contributed by atoms with Gasteiger partial charge in [0.25, 0.3) is 9.05 Å². The maximum Gasteiger partial charge on any atom is 0.264 e. The zero-order valence-electron chi connectivity index (χ0n) is 7.31. The molecular formula is C9H9ClO3S. The van der Waals surface area contributed by atoms with Gasteiger partial charge in [-0.25, -0.2) is 8.42 Å². The van der Waals surface area contributed by atoms with Crippen LogP contribution in [-0.2, 0) is 9.05 Å². The first kappa shape index (κ1) is 11.1. The molecule has 1 aromatic carbocycles. The average molecular weight is 233 g/mol. The molecule has 76 valence electrons. The summed E-state index contributed by atoms with van der Waals surface area (Å²) in [6, 6.07) is 6.18. The Balaban J connectivity index is 3.10. The minimum atomic E-state index is -3.75. The molecule has 0 unspecified atom stereocenters. The Kier molecular flexibility index (Phi) is 3.55. The number of halogens is 1. The van der Waals surface area contributed by atoms with Gasteiger partial charge in [-0.2, -0.15) is 0 Å². The first-order chi connectivity index (χ1) is 6.55. The normalized spacial score (nSPS) is 10.9. The highest BCUT2D eigenvalue weighted by Crippen LogP contribution is 2.26. The molecule has 0 radical (unpaired) electrons. The number of hydrogen-bond acceptors (Lipinski definition) is 3. The highest BCUT2D eigenvalue weighted by Gasteiger charge is 2.15. The summed E-state index contributed by atoms with van der Waals surface area (Å²) in [5.74, 6) is 0.238. The Hall–Kier alpha value is -1.00. The molecule has 0 spiro atoms. The summed E-state index contributed by atoms with van der Waals surface area (Å²) in [4.78, 5) is -0.0245. The van der Waals surface area contributed by atoms with Crippen LogP contribution in [0.2, 0.25) is 0 Å². The van der Waals surface area contributed by atoms with Crippen LogP contribution >= 0.6 is 10.7 Å². The molecule has 0 aliphatic rings. The molecule has 0 aromatic heterocycles. The highest BCUT2D eigenvalue weighted by atomic mass is 35.7. The van der Waals surface area contributed by atoms with E-state index in [-0.39, 0.29) is 17.3 Å². The van der Waals surface area contributed by atoms with E-state index in [1.165, 1.54) is 12.1 Å². The summed E-state index contributed by atoms with van der Waals surface area (Å²) < 4.78 is 27.3. The lowest BCUT2D eigenvalue weighted by atomic mass is 10.3. The van der Waals surface area contributed by atoms with Crippen molar-refractivity contribution >= 4 is 19.7 Å². The summed E-state index contributed by atoms with van der Waals surface area (Å²) in [6.07, 6.45) is 1.53.